The molecule has 0 amide bonds. The van der Waals surface area contributed by atoms with Crippen molar-refractivity contribution in [1.29, 1.82) is 0 Å². The second-order valence-corrected chi connectivity index (χ2v) is 7.28. The first-order valence-corrected chi connectivity index (χ1v) is 10.00. The van der Waals surface area contributed by atoms with Gasteiger partial charge in [-0.25, -0.2) is 4.79 Å². The number of ether oxygens (including phenoxy) is 3. The molecule has 32 heavy (non-hydrogen) atoms. The normalized spacial score (nSPS) is 10.8. The van der Waals surface area contributed by atoms with Gasteiger partial charge >= 0.3 is 5.97 Å². The number of rotatable bonds is 5. The van der Waals surface area contributed by atoms with Crippen molar-refractivity contribution in [1.82, 2.24) is 0 Å². The lowest BCUT2D eigenvalue weighted by molar-refractivity contribution is 0.0737. The van der Waals surface area contributed by atoms with E-state index >= 15 is 0 Å². The molecule has 0 aliphatic heterocycles. The van der Waals surface area contributed by atoms with Crippen molar-refractivity contribution < 1.29 is 23.4 Å². The molecular formula is C26H22O6. The van der Waals surface area contributed by atoms with Crippen LogP contribution in [0.1, 0.15) is 21.9 Å². The molecule has 0 saturated carbocycles. The van der Waals surface area contributed by atoms with Gasteiger partial charge in [-0.15, -0.1) is 0 Å². The highest BCUT2D eigenvalue weighted by molar-refractivity contribution is 5.97. The fourth-order valence-electron chi connectivity index (χ4n) is 3.66. The second-order valence-electron chi connectivity index (χ2n) is 7.28. The van der Waals surface area contributed by atoms with Crippen molar-refractivity contribution in [3.8, 4) is 28.4 Å². The summed E-state index contributed by atoms with van der Waals surface area (Å²) in [6, 6.07) is 17.1. The van der Waals surface area contributed by atoms with Crippen LogP contribution >= 0.6 is 0 Å². The lowest BCUT2D eigenvalue weighted by Crippen LogP contribution is -2.08. The summed E-state index contributed by atoms with van der Waals surface area (Å²) < 4.78 is 21.9. The van der Waals surface area contributed by atoms with Crippen LogP contribution in [0.4, 0.5) is 0 Å². The molecule has 0 bridgehead atoms. The Balaban J connectivity index is 1.87. The molecule has 4 aromatic rings. The summed E-state index contributed by atoms with van der Waals surface area (Å²) in [5, 5.41) is 0.869. The largest absolute Gasteiger partial charge is 0.497 e. The van der Waals surface area contributed by atoms with E-state index in [0.29, 0.717) is 44.9 Å². The molecule has 0 spiro atoms. The zero-order chi connectivity index (χ0) is 22.8. The number of hydrogen-bond donors (Lipinski definition) is 0. The van der Waals surface area contributed by atoms with Crippen molar-refractivity contribution in [3.63, 3.8) is 0 Å². The molecule has 0 fully saturated rings. The molecule has 1 aromatic heterocycles. The Morgan fingerprint density at radius 1 is 0.750 bits per heavy atom. The van der Waals surface area contributed by atoms with Gasteiger partial charge in [0.25, 0.3) is 0 Å². The minimum atomic E-state index is -0.550. The van der Waals surface area contributed by atoms with Gasteiger partial charge in [-0.2, -0.15) is 0 Å². The molecule has 162 valence electrons. The molecule has 0 aliphatic rings. The minimum absolute atomic E-state index is 0.216. The molecule has 0 radical (unpaired) electrons. The third-order valence-corrected chi connectivity index (χ3v) is 5.28. The van der Waals surface area contributed by atoms with Crippen LogP contribution in [-0.4, -0.2) is 20.2 Å². The fourth-order valence-corrected chi connectivity index (χ4v) is 3.66. The molecule has 4 rings (SSSR count). The third-order valence-electron chi connectivity index (χ3n) is 5.28. The number of benzene rings is 2. The van der Waals surface area contributed by atoms with Gasteiger partial charge in [0.1, 0.15) is 28.8 Å². The lowest BCUT2D eigenvalue weighted by Gasteiger charge is -2.07. The lowest BCUT2D eigenvalue weighted by atomic mass is 10.1. The van der Waals surface area contributed by atoms with Crippen LogP contribution in [0, 0.1) is 13.8 Å². The molecule has 6 nitrogen and oxygen atoms in total. The van der Waals surface area contributed by atoms with Crippen LogP contribution < -0.4 is 19.6 Å². The number of esters is 1. The van der Waals surface area contributed by atoms with E-state index < -0.39 is 5.97 Å². The fraction of sp³-hybridized carbons (Fsp3) is 0.154. The standard InChI is InChI=1S/C26H22O6/c1-15-24-22(27)13-19(17-5-9-20(29-3)10-6-17)14-23(25(24)16(2)31-15)32-26(28)18-7-11-21(30-4)12-8-18/h5-14H,1-4H3. The maximum atomic E-state index is 13.1. The van der Waals surface area contributed by atoms with Crippen LogP contribution in [0.25, 0.3) is 21.9 Å². The summed E-state index contributed by atoms with van der Waals surface area (Å²) in [7, 11) is 3.14. The highest BCUT2D eigenvalue weighted by Crippen LogP contribution is 2.34. The summed E-state index contributed by atoms with van der Waals surface area (Å²) in [6.07, 6.45) is 0. The maximum absolute atomic E-state index is 13.1. The van der Waals surface area contributed by atoms with E-state index in [1.54, 1.807) is 70.5 Å². The first-order chi connectivity index (χ1) is 15.4. The van der Waals surface area contributed by atoms with Crippen LogP contribution in [0.3, 0.4) is 0 Å². The Bertz CT molecular complexity index is 1350. The number of aryl methyl sites for hydroxylation is 2. The molecule has 0 aliphatic carbocycles. The van der Waals surface area contributed by atoms with Gasteiger partial charge in [-0.3, -0.25) is 4.79 Å². The Labute approximate surface area is 185 Å². The molecule has 0 unspecified atom stereocenters. The summed E-state index contributed by atoms with van der Waals surface area (Å²) in [5.41, 5.74) is 1.54. The molecule has 6 heteroatoms. The molecule has 0 saturated heterocycles. The first kappa shape index (κ1) is 21.2. The SMILES string of the molecule is COc1ccc(C(=O)Oc2cc(-c3ccc(OC)cc3)cc(=O)c3c(C)oc(C)c23)cc1. The summed E-state index contributed by atoms with van der Waals surface area (Å²) >= 11 is 0. The Morgan fingerprint density at radius 2 is 1.31 bits per heavy atom. The van der Waals surface area contributed by atoms with Gasteiger partial charge in [0.15, 0.2) is 5.43 Å². The minimum Gasteiger partial charge on any atom is -0.497 e. The van der Waals surface area contributed by atoms with E-state index in [1.807, 2.05) is 12.1 Å². The molecule has 3 aromatic carbocycles. The number of furan rings is 1. The average Bonchev–Trinajstić information content (AvgIpc) is 3.02. The quantitative estimate of drug-likeness (QED) is 0.399. The average molecular weight is 430 g/mol. The van der Waals surface area contributed by atoms with E-state index in [1.165, 1.54) is 6.07 Å². The van der Waals surface area contributed by atoms with Crippen molar-refractivity contribution in [2.75, 3.05) is 14.2 Å². The topological polar surface area (TPSA) is 75.0 Å². The molecule has 0 atom stereocenters. The monoisotopic (exact) mass is 430 g/mol. The zero-order valence-corrected chi connectivity index (χ0v) is 18.2. The predicted octanol–water partition coefficient (Wildman–Crippen LogP) is 5.31. The van der Waals surface area contributed by atoms with E-state index in [2.05, 4.69) is 0 Å². The van der Waals surface area contributed by atoms with Crippen molar-refractivity contribution in [3.05, 3.63) is 88.0 Å². The number of methoxy groups -OCH3 is 2. The Kier molecular flexibility index (Phi) is 5.69. The molecular weight excluding hydrogens is 408 g/mol. The summed E-state index contributed by atoms with van der Waals surface area (Å²) in [4.78, 5) is 26.0. The smallest absolute Gasteiger partial charge is 0.343 e. The summed E-state index contributed by atoms with van der Waals surface area (Å²) in [6.45, 7) is 3.46. The van der Waals surface area contributed by atoms with Gasteiger partial charge in [0.05, 0.1) is 30.6 Å². The third kappa shape index (κ3) is 3.95. The number of carbonyl (C=O) groups is 1. The van der Waals surface area contributed by atoms with Crippen LogP contribution in [-0.2, 0) is 0 Å². The van der Waals surface area contributed by atoms with E-state index in [-0.39, 0.29) is 11.2 Å². The predicted molar refractivity (Wildman–Crippen MR) is 122 cm³/mol. The number of fused-ring (bicyclic) bond motifs is 1. The van der Waals surface area contributed by atoms with E-state index in [4.69, 9.17) is 18.6 Å². The Morgan fingerprint density at radius 3 is 1.91 bits per heavy atom. The highest BCUT2D eigenvalue weighted by atomic mass is 16.5. The second kappa shape index (κ2) is 8.59. The Hall–Kier alpha value is -4.06. The van der Waals surface area contributed by atoms with Gasteiger partial charge in [-0.1, -0.05) is 12.1 Å². The molecule has 1 heterocycles. The van der Waals surface area contributed by atoms with Crippen molar-refractivity contribution >= 4 is 16.7 Å². The van der Waals surface area contributed by atoms with Gasteiger partial charge in [-0.05, 0) is 73.5 Å². The first-order valence-electron chi connectivity index (χ1n) is 10.00. The number of hydrogen-bond acceptors (Lipinski definition) is 6. The van der Waals surface area contributed by atoms with Crippen molar-refractivity contribution in [2.24, 2.45) is 0 Å². The zero-order valence-electron chi connectivity index (χ0n) is 18.2. The van der Waals surface area contributed by atoms with Crippen molar-refractivity contribution in [2.45, 2.75) is 13.8 Å². The summed E-state index contributed by atoms with van der Waals surface area (Å²) in [5.74, 6) is 2.01. The van der Waals surface area contributed by atoms with Gasteiger partial charge < -0.3 is 18.6 Å². The highest BCUT2D eigenvalue weighted by Gasteiger charge is 2.19. The van der Waals surface area contributed by atoms with Crippen LogP contribution in [0.2, 0.25) is 0 Å². The van der Waals surface area contributed by atoms with Gasteiger partial charge in [0.2, 0.25) is 0 Å². The number of carbonyl (C=O) groups excluding carboxylic acids is 1. The van der Waals surface area contributed by atoms with E-state index in [0.717, 1.165) is 5.56 Å². The van der Waals surface area contributed by atoms with Gasteiger partial charge in [0, 0.05) is 0 Å². The maximum Gasteiger partial charge on any atom is 0.343 e. The molecule has 0 N–H and O–H groups in total. The van der Waals surface area contributed by atoms with Crippen LogP contribution in [0.15, 0.2) is 69.9 Å². The van der Waals surface area contributed by atoms with E-state index in [9.17, 15) is 9.59 Å². The van der Waals surface area contributed by atoms with Crippen LogP contribution in [0.5, 0.6) is 17.2 Å².